The third-order valence-corrected chi connectivity index (χ3v) is 6.30. The Bertz CT molecular complexity index is 1250. The van der Waals surface area contributed by atoms with Crippen LogP contribution < -0.4 is 11.1 Å². The molecule has 5 rings (SSSR count). The van der Waals surface area contributed by atoms with Crippen LogP contribution in [-0.4, -0.2) is 44.8 Å². The average Bonchev–Trinajstić information content (AvgIpc) is 3.16. The molecular weight excluding hydrogens is 451 g/mol. The number of pyridine rings is 1. The molecule has 0 bridgehead atoms. The highest BCUT2D eigenvalue weighted by Crippen LogP contribution is 2.45. The van der Waals surface area contributed by atoms with Crippen molar-refractivity contribution in [1.29, 1.82) is 0 Å². The fourth-order valence-electron chi connectivity index (χ4n) is 4.46. The van der Waals surface area contributed by atoms with E-state index in [9.17, 15) is 9.59 Å². The number of carbonyl (C=O) groups excluding carboxylic acids is 2. The monoisotopic (exact) mass is 470 g/mol. The minimum absolute atomic E-state index is 0.0293. The highest BCUT2D eigenvalue weighted by Gasteiger charge is 2.48. The predicted molar refractivity (Wildman–Crippen MR) is 118 cm³/mol. The van der Waals surface area contributed by atoms with Crippen molar-refractivity contribution in [2.45, 2.75) is 25.0 Å². The van der Waals surface area contributed by atoms with E-state index >= 15 is 4.39 Å². The molecule has 2 aliphatic heterocycles. The number of likely N-dealkylation sites (tertiary alicyclic amines) is 1. The van der Waals surface area contributed by atoms with E-state index < -0.39 is 17.5 Å². The zero-order chi connectivity index (χ0) is 23.2. The van der Waals surface area contributed by atoms with Crippen molar-refractivity contribution in [1.82, 2.24) is 19.7 Å². The number of halogens is 2. The van der Waals surface area contributed by atoms with Gasteiger partial charge in [-0.05, 0) is 42.7 Å². The predicted octanol–water partition coefficient (Wildman–Crippen LogP) is 3.39. The van der Waals surface area contributed by atoms with Gasteiger partial charge in [0.1, 0.15) is 11.4 Å². The molecular formula is C22H20ClFN6O3. The Morgan fingerprint density at radius 1 is 1.30 bits per heavy atom. The molecule has 1 aromatic carbocycles. The topological polar surface area (TPSA) is 115 Å². The summed E-state index contributed by atoms with van der Waals surface area (Å²) in [5, 5.41) is 6.68. The van der Waals surface area contributed by atoms with Gasteiger partial charge in [0, 0.05) is 18.9 Å². The fraction of sp³-hybridized carbons (Fsp3) is 0.273. The third-order valence-electron chi connectivity index (χ3n) is 6.01. The molecule has 11 heteroatoms. The second-order valence-corrected chi connectivity index (χ2v) is 8.49. The summed E-state index contributed by atoms with van der Waals surface area (Å²) in [4.78, 5) is 31.1. The van der Waals surface area contributed by atoms with Gasteiger partial charge in [0.05, 0.1) is 35.6 Å². The first-order valence-corrected chi connectivity index (χ1v) is 10.7. The number of rotatable bonds is 3. The van der Waals surface area contributed by atoms with E-state index in [-0.39, 0.29) is 40.1 Å². The van der Waals surface area contributed by atoms with E-state index in [1.165, 1.54) is 27.9 Å². The van der Waals surface area contributed by atoms with Crippen molar-refractivity contribution < 1.29 is 18.7 Å². The summed E-state index contributed by atoms with van der Waals surface area (Å²) in [7, 11) is 0. The maximum absolute atomic E-state index is 15.1. The van der Waals surface area contributed by atoms with Crippen molar-refractivity contribution >= 4 is 35.1 Å². The summed E-state index contributed by atoms with van der Waals surface area (Å²) in [5.74, 6) is -0.826. The first-order valence-electron chi connectivity index (χ1n) is 10.4. The quantitative estimate of drug-likeness (QED) is 0.606. The zero-order valence-corrected chi connectivity index (χ0v) is 18.2. The van der Waals surface area contributed by atoms with Crippen LogP contribution in [0.4, 0.5) is 20.7 Å². The number of nitrogen functional groups attached to an aromatic ring is 1. The summed E-state index contributed by atoms with van der Waals surface area (Å²) in [5.41, 5.74) is 6.48. The molecule has 33 heavy (non-hydrogen) atoms. The van der Waals surface area contributed by atoms with Gasteiger partial charge in [-0.2, -0.15) is 5.10 Å². The standard InChI is InChI=1S/C22H20ClFN6O3/c23-15-2-3-16-17(18(15)24)22(33-21(32)28-16)6-1-9-29(12-22)20(31)14-10-27-30(19(14)25)11-13-4-7-26-8-5-13/h2-5,7-8,10H,1,6,9,11-12,25H2,(H,28,32)/t22-/m0/s1. The molecule has 1 fully saturated rings. The molecule has 3 aromatic rings. The minimum atomic E-state index is -1.34. The van der Waals surface area contributed by atoms with Crippen molar-refractivity contribution in [3.63, 3.8) is 0 Å². The normalized spacial score (nSPS) is 19.7. The number of anilines is 2. The molecule has 1 atom stereocenters. The van der Waals surface area contributed by atoms with Gasteiger partial charge in [0.25, 0.3) is 5.91 Å². The summed E-state index contributed by atoms with van der Waals surface area (Å²) >= 11 is 6.01. The number of amides is 2. The average molecular weight is 471 g/mol. The first kappa shape index (κ1) is 21.2. The van der Waals surface area contributed by atoms with Crippen molar-refractivity contribution in [3.8, 4) is 0 Å². The van der Waals surface area contributed by atoms with Crippen LogP contribution in [0.3, 0.4) is 0 Å². The van der Waals surface area contributed by atoms with Crippen molar-refractivity contribution in [2.75, 3.05) is 24.1 Å². The minimum Gasteiger partial charge on any atom is -0.436 e. The molecule has 2 amide bonds. The van der Waals surface area contributed by atoms with Crippen LogP contribution in [0.1, 0.15) is 34.3 Å². The number of piperidine rings is 1. The van der Waals surface area contributed by atoms with Gasteiger partial charge in [-0.1, -0.05) is 11.6 Å². The smallest absolute Gasteiger partial charge is 0.412 e. The number of hydrogen-bond acceptors (Lipinski definition) is 6. The highest BCUT2D eigenvalue weighted by atomic mass is 35.5. The van der Waals surface area contributed by atoms with Crippen molar-refractivity contribution in [3.05, 3.63) is 70.4 Å². The van der Waals surface area contributed by atoms with Gasteiger partial charge >= 0.3 is 6.09 Å². The van der Waals surface area contributed by atoms with E-state index in [2.05, 4.69) is 15.4 Å². The maximum Gasteiger partial charge on any atom is 0.412 e. The molecule has 1 saturated heterocycles. The lowest BCUT2D eigenvalue weighted by atomic mass is 9.83. The molecule has 3 N–H and O–H groups in total. The number of nitrogens with one attached hydrogen (secondary N) is 1. The van der Waals surface area contributed by atoms with Crippen molar-refractivity contribution in [2.24, 2.45) is 0 Å². The van der Waals surface area contributed by atoms with Gasteiger partial charge < -0.3 is 15.4 Å². The van der Waals surface area contributed by atoms with E-state index in [0.29, 0.717) is 25.9 Å². The number of benzene rings is 1. The number of nitrogens with zero attached hydrogens (tertiary/aromatic N) is 4. The fourth-order valence-corrected chi connectivity index (χ4v) is 4.62. The van der Waals surface area contributed by atoms with Crippen LogP contribution in [0.5, 0.6) is 0 Å². The molecule has 0 radical (unpaired) electrons. The van der Waals surface area contributed by atoms with Crippen LogP contribution in [0.15, 0.2) is 42.9 Å². The zero-order valence-electron chi connectivity index (χ0n) is 17.4. The van der Waals surface area contributed by atoms with Gasteiger partial charge in [-0.25, -0.2) is 13.9 Å². The molecule has 9 nitrogen and oxygen atoms in total. The Balaban J connectivity index is 1.44. The van der Waals surface area contributed by atoms with E-state index in [4.69, 9.17) is 22.1 Å². The van der Waals surface area contributed by atoms with Gasteiger partial charge in [0.2, 0.25) is 0 Å². The number of fused-ring (bicyclic) bond motifs is 2. The number of hydrogen-bond donors (Lipinski definition) is 2. The Morgan fingerprint density at radius 3 is 2.88 bits per heavy atom. The van der Waals surface area contributed by atoms with E-state index in [1.54, 1.807) is 12.4 Å². The van der Waals surface area contributed by atoms with Gasteiger partial charge in [-0.15, -0.1) is 0 Å². The SMILES string of the molecule is Nc1c(C(=O)N2CCC[C@@]3(C2)OC(=O)Nc2ccc(Cl)c(F)c23)cnn1Cc1ccncc1. The van der Waals surface area contributed by atoms with Crippen LogP contribution >= 0.6 is 11.6 Å². The van der Waals surface area contributed by atoms with Crippen LogP contribution in [0.25, 0.3) is 0 Å². The number of aromatic nitrogens is 3. The molecule has 1 spiro atoms. The molecule has 0 aliphatic carbocycles. The number of carbonyl (C=O) groups is 2. The molecule has 2 aromatic heterocycles. The number of nitrogens with two attached hydrogens (primary N) is 1. The summed E-state index contributed by atoms with van der Waals surface area (Å²) < 4.78 is 22.2. The summed E-state index contributed by atoms with van der Waals surface area (Å²) in [6, 6.07) is 6.57. The molecule has 4 heterocycles. The highest BCUT2D eigenvalue weighted by molar-refractivity contribution is 6.31. The largest absolute Gasteiger partial charge is 0.436 e. The van der Waals surface area contributed by atoms with Crippen LogP contribution in [0.2, 0.25) is 5.02 Å². The maximum atomic E-state index is 15.1. The lowest BCUT2D eigenvalue weighted by Crippen LogP contribution is -2.53. The molecule has 2 aliphatic rings. The second-order valence-electron chi connectivity index (χ2n) is 8.08. The van der Waals surface area contributed by atoms with E-state index in [0.717, 1.165) is 5.56 Å². The van der Waals surface area contributed by atoms with Crippen LogP contribution in [-0.2, 0) is 16.9 Å². The molecule has 0 saturated carbocycles. The Hall–Kier alpha value is -3.66. The molecule has 170 valence electrons. The van der Waals surface area contributed by atoms with Crippen LogP contribution in [0, 0.1) is 5.82 Å². The Labute approximate surface area is 193 Å². The molecule has 0 unspecified atom stereocenters. The summed E-state index contributed by atoms with van der Waals surface area (Å²) in [6.45, 7) is 0.752. The van der Waals surface area contributed by atoms with Gasteiger partial charge in [0.15, 0.2) is 11.4 Å². The lowest BCUT2D eigenvalue weighted by molar-refractivity contribution is -0.0418. The van der Waals surface area contributed by atoms with E-state index in [1.807, 2.05) is 12.1 Å². The van der Waals surface area contributed by atoms with Gasteiger partial charge in [-0.3, -0.25) is 15.1 Å². The Kier molecular flexibility index (Phi) is 5.16. The first-order chi connectivity index (χ1) is 15.9. The Morgan fingerprint density at radius 2 is 2.09 bits per heavy atom. The lowest BCUT2D eigenvalue weighted by Gasteiger charge is -2.45. The third kappa shape index (κ3) is 3.66. The summed E-state index contributed by atoms with van der Waals surface area (Å²) in [6.07, 6.45) is 4.89. The number of ether oxygens (including phenoxy) is 1. The second kappa shape index (κ2) is 8.04.